The van der Waals surface area contributed by atoms with Gasteiger partial charge in [-0.3, -0.25) is 9.69 Å². The van der Waals surface area contributed by atoms with E-state index in [4.69, 9.17) is 5.10 Å². The summed E-state index contributed by atoms with van der Waals surface area (Å²) in [5.74, 6) is 1.25. The maximum atomic E-state index is 12.6. The number of fused-ring (bicyclic) bond motifs is 2. The molecule has 27 heavy (non-hydrogen) atoms. The molecule has 6 nitrogen and oxygen atoms in total. The number of likely N-dealkylation sites (tertiary alicyclic amines) is 1. The van der Waals surface area contributed by atoms with Crippen molar-refractivity contribution in [2.45, 2.75) is 83.5 Å². The van der Waals surface area contributed by atoms with Crippen LogP contribution in [-0.2, 0) is 38.9 Å². The summed E-state index contributed by atoms with van der Waals surface area (Å²) in [6.07, 6.45) is 12.5. The average Bonchev–Trinajstić information content (AvgIpc) is 3.30. The Morgan fingerprint density at radius 1 is 1.04 bits per heavy atom. The molecular formula is C21H29N5O. The van der Waals surface area contributed by atoms with Crippen LogP contribution in [-0.4, -0.2) is 36.8 Å². The number of nitrogens with zero attached hydrogens (tertiary/aromatic N) is 5. The Morgan fingerprint density at radius 2 is 1.93 bits per heavy atom. The van der Waals surface area contributed by atoms with Crippen molar-refractivity contribution in [3.05, 3.63) is 45.4 Å². The van der Waals surface area contributed by atoms with Crippen molar-refractivity contribution < 1.29 is 0 Å². The van der Waals surface area contributed by atoms with Crippen LogP contribution in [0, 0.1) is 0 Å². The molecule has 5 rings (SSSR count). The number of hydrogen-bond acceptors (Lipinski definition) is 4. The molecule has 1 fully saturated rings. The van der Waals surface area contributed by atoms with Gasteiger partial charge in [-0.15, -0.1) is 0 Å². The van der Waals surface area contributed by atoms with E-state index in [1.165, 1.54) is 49.2 Å². The van der Waals surface area contributed by atoms with E-state index in [2.05, 4.69) is 20.6 Å². The fourth-order valence-corrected chi connectivity index (χ4v) is 5.06. The van der Waals surface area contributed by atoms with Gasteiger partial charge in [-0.05, 0) is 63.5 Å². The van der Waals surface area contributed by atoms with Crippen LogP contribution in [0.2, 0.25) is 0 Å². The zero-order chi connectivity index (χ0) is 18.2. The van der Waals surface area contributed by atoms with Crippen molar-refractivity contribution in [3.8, 4) is 0 Å². The van der Waals surface area contributed by atoms with Crippen LogP contribution in [0.25, 0.3) is 0 Å². The fourth-order valence-electron chi connectivity index (χ4n) is 5.06. The van der Waals surface area contributed by atoms with Crippen LogP contribution in [0.15, 0.2) is 17.1 Å². The highest BCUT2D eigenvalue weighted by Crippen LogP contribution is 2.24. The monoisotopic (exact) mass is 367 g/mol. The maximum absolute atomic E-state index is 12.6. The van der Waals surface area contributed by atoms with E-state index < -0.39 is 0 Å². The van der Waals surface area contributed by atoms with E-state index in [-0.39, 0.29) is 5.56 Å². The molecule has 0 aromatic carbocycles. The molecule has 1 saturated heterocycles. The first-order valence-electron chi connectivity index (χ1n) is 10.7. The highest BCUT2D eigenvalue weighted by Gasteiger charge is 2.27. The lowest BCUT2D eigenvalue weighted by atomic mass is 9.97. The summed E-state index contributed by atoms with van der Waals surface area (Å²) in [6, 6.07) is 2.24. The second-order valence-corrected chi connectivity index (χ2v) is 8.38. The summed E-state index contributed by atoms with van der Waals surface area (Å²) in [6.45, 7) is 3.87. The minimum Gasteiger partial charge on any atom is -0.331 e. The molecule has 6 heteroatoms. The third-order valence-corrected chi connectivity index (χ3v) is 6.57. The number of aryl methyl sites for hydroxylation is 3. The van der Waals surface area contributed by atoms with Gasteiger partial charge in [0.25, 0.3) is 5.56 Å². The van der Waals surface area contributed by atoms with Crippen LogP contribution < -0.4 is 5.56 Å². The van der Waals surface area contributed by atoms with Gasteiger partial charge in [0.15, 0.2) is 0 Å². The number of imidazole rings is 1. The smallest absolute Gasteiger partial charge is 0.267 e. The van der Waals surface area contributed by atoms with Gasteiger partial charge >= 0.3 is 0 Å². The average molecular weight is 367 g/mol. The summed E-state index contributed by atoms with van der Waals surface area (Å²) in [7, 11) is 0. The van der Waals surface area contributed by atoms with Crippen molar-refractivity contribution >= 4 is 0 Å². The van der Waals surface area contributed by atoms with Gasteiger partial charge in [-0.1, -0.05) is 0 Å². The predicted molar refractivity (Wildman–Crippen MR) is 104 cm³/mol. The highest BCUT2D eigenvalue weighted by molar-refractivity contribution is 5.20. The van der Waals surface area contributed by atoms with Crippen molar-refractivity contribution in [3.63, 3.8) is 0 Å². The van der Waals surface area contributed by atoms with Crippen molar-refractivity contribution in [2.75, 3.05) is 6.54 Å². The Labute approximate surface area is 160 Å². The second-order valence-electron chi connectivity index (χ2n) is 8.38. The molecule has 2 aromatic rings. The molecule has 144 valence electrons. The first-order chi connectivity index (χ1) is 13.3. The Morgan fingerprint density at radius 3 is 2.89 bits per heavy atom. The lowest BCUT2D eigenvalue weighted by Crippen LogP contribution is -2.38. The minimum absolute atomic E-state index is 0.0734. The lowest BCUT2D eigenvalue weighted by Gasteiger charge is -2.26. The largest absolute Gasteiger partial charge is 0.331 e. The molecule has 0 saturated carbocycles. The molecule has 3 aliphatic rings. The molecule has 2 aromatic heterocycles. The first kappa shape index (κ1) is 17.2. The van der Waals surface area contributed by atoms with Gasteiger partial charge in [0, 0.05) is 37.8 Å². The Kier molecular flexibility index (Phi) is 4.60. The quantitative estimate of drug-likeness (QED) is 0.832. The summed E-state index contributed by atoms with van der Waals surface area (Å²) < 4.78 is 4.15. The van der Waals surface area contributed by atoms with Crippen LogP contribution in [0.3, 0.4) is 0 Å². The molecule has 0 amide bonds. The first-order valence-corrected chi connectivity index (χ1v) is 10.7. The highest BCUT2D eigenvalue weighted by atomic mass is 16.1. The van der Waals surface area contributed by atoms with Gasteiger partial charge in [0.1, 0.15) is 5.82 Å². The van der Waals surface area contributed by atoms with Gasteiger partial charge in [0.05, 0.1) is 17.9 Å². The standard InChI is InChI=1S/C21H29N5O/c27-21-12-16-6-1-2-8-19(16)23-26(21)15-17-7-5-10-24(17)14-18-13-22-20-9-3-4-11-25(18)20/h12-13,17H,1-11,14-15H2. The van der Waals surface area contributed by atoms with E-state index in [0.29, 0.717) is 12.6 Å². The molecule has 0 bridgehead atoms. The molecule has 0 N–H and O–H groups in total. The second kappa shape index (κ2) is 7.23. The topological polar surface area (TPSA) is 56.0 Å². The lowest BCUT2D eigenvalue weighted by molar-refractivity contribution is 0.210. The Hall–Kier alpha value is -1.95. The summed E-state index contributed by atoms with van der Waals surface area (Å²) in [5, 5.41) is 4.74. The van der Waals surface area contributed by atoms with E-state index in [1.807, 2.05) is 6.07 Å². The third-order valence-electron chi connectivity index (χ3n) is 6.57. The van der Waals surface area contributed by atoms with Crippen molar-refractivity contribution in [2.24, 2.45) is 0 Å². The molecular weight excluding hydrogens is 338 g/mol. The van der Waals surface area contributed by atoms with Crippen LogP contribution in [0.1, 0.15) is 61.3 Å². The predicted octanol–water partition coefficient (Wildman–Crippen LogP) is 2.32. The Bertz CT molecular complexity index is 883. The van der Waals surface area contributed by atoms with E-state index in [1.54, 1.807) is 4.68 Å². The zero-order valence-corrected chi connectivity index (χ0v) is 16.1. The van der Waals surface area contributed by atoms with Gasteiger partial charge in [-0.2, -0.15) is 5.10 Å². The summed E-state index contributed by atoms with van der Waals surface area (Å²) >= 11 is 0. The maximum Gasteiger partial charge on any atom is 0.267 e. The van der Waals surface area contributed by atoms with Crippen LogP contribution in [0.5, 0.6) is 0 Å². The van der Waals surface area contributed by atoms with Gasteiger partial charge in [0.2, 0.25) is 0 Å². The zero-order valence-electron chi connectivity index (χ0n) is 16.1. The fraction of sp³-hybridized carbons (Fsp3) is 0.667. The number of aromatic nitrogens is 4. The van der Waals surface area contributed by atoms with Gasteiger partial charge in [-0.25, -0.2) is 9.67 Å². The van der Waals surface area contributed by atoms with Crippen molar-refractivity contribution in [1.29, 1.82) is 0 Å². The molecule has 1 unspecified atom stereocenters. The normalized spacial score (nSPS) is 22.6. The third kappa shape index (κ3) is 3.35. The van der Waals surface area contributed by atoms with Gasteiger partial charge < -0.3 is 4.57 Å². The van der Waals surface area contributed by atoms with E-state index in [0.717, 1.165) is 51.0 Å². The SMILES string of the molecule is O=c1cc2c(nn1CC1CCCN1Cc1cnc3n1CCCC3)CCCC2. The molecule has 0 spiro atoms. The number of hydrogen-bond donors (Lipinski definition) is 0. The molecule has 0 radical (unpaired) electrons. The molecule has 1 aliphatic carbocycles. The minimum atomic E-state index is 0.0734. The van der Waals surface area contributed by atoms with E-state index >= 15 is 0 Å². The molecule has 2 aliphatic heterocycles. The molecule has 1 atom stereocenters. The number of rotatable bonds is 4. The van der Waals surface area contributed by atoms with Crippen LogP contribution in [0.4, 0.5) is 0 Å². The van der Waals surface area contributed by atoms with Crippen molar-refractivity contribution in [1.82, 2.24) is 24.2 Å². The molecule has 4 heterocycles. The Balaban J connectivity index is 1.33. The van der Waals surface area contributed by atoms with E-state index in [9.17, 15) is 4.79 Å². The van der Waals surface area contributed by atoms with Crippen LogP contribution >= 0.6 is 0 Å². The summed E-state index contributed by atoms with van der Waals surface area (Å²) in [4.78, 5) is 19.7. The summed E-state index contributed by atoms with van der Waals surface area (Å²) in [5.41, 5.74) is 3.73.